The first-order chi connectivity index (χ1) is 6.26. The van der Waals surface area contributed by atoms with Crippen LogP contribution in [0.15, 0.2) is 0 Å². The third-order valence-electron chi connectivity index (χ3n) is 2.49. The molecule has 4 heteroatoms. The minimum atomic E-state index is -0.348. The van der Waals surface area contributed by atoms with Gasteiger partial charge in [-0.25, -0.2) is 0 Å². The number of likely N-dealkylation sites (tertiary alicyclic amines) is 1. The lowest BCUT2D eigenvalue weighted by Gasteiger charge is -2.31. The lowest BCUT2D eigenvalue weighted by atomic mass is 10.1. The van der Waals surface area contributed by atoms with Gasteiger partial charge < -0.3 is 15.4 Å². The fraction of sp³-hybridized carbons (Fsp3) is 0.889. The average Bonchev–Trinajstić information content (AvgIpc) is 2.19. The van der Waals surface area contributed by atoms with Gasteiger partial charge in [0.15, 0.2) is 0 Å². The second-order valence-corrected chi connectivity index (χ2v) is 3.47. The van der Waals surface area contributed by atoms with Gasteiger partial charge in [0.25, 0.3) is 0 Å². The normalized spacial score (nSPS) is 22.5. The van der Waals surface area contributed by atoms with Crippen LogP contribution in [0.2, 0.25) is 0 Å². The van der Waals surface area contributed by atoms with E-state index in [1.54, 1.807) is 7.11 Å². The highest BCUT2D eigenvalue weighted by Crippen LogP contribution is 2.12. The van der Waals surface area contributed by atoms with Crippen molar-refractivity contribution in [1.29, 1.82) is 5.26 Å². The Morgan fingerprint density at radius 1 is 1.62 bits per heavy atom. The minimum Gasteiger partial charge on any atom is -0.381 e. The Kier molecular flexibility index (Phi) is 4.16. The second-order valence-electron chi connectivity index (χ2n) is 3.47. The number of methoxy groups -OCH3 is 1. The Morgan fingerprint density at radius 3 is 2.69 bits per heavy atom. The smallest absolute Gasteiger partial charge is 0.106 e. The first-order valence-corrected chi connectivity index (χ1v) is 4.66. The molecule has 0 aromatic carbocycles. The molecule has 1 aliphatic rings. The highest BCUT2D eigenvalue weighted by Gasteiger charge is 2.19. The molecule has 0 radical (unpaired) electrons. The molecule has 0 bridgehead atoms. The molecule has 1 heterocycles. The average molecular weight is 183 g/mol. The molecule has 1 rings (SSSR count). The van der Waals surface area contributed by atoms with E-state index in [1.165, 1.54) is 0 Å². The summed E-state index contributed by atoms with van der Waals surface area (Å²) in [6.07, 6.45) is 2.50. The summed E-state index contributed by atoms with van der Waals surface area (Å²) in [6.45, 7) is 2.68. The lowest BCUT2D eigenvalue weighted by Crippen LogP contribution is -2.42. The van der Waals surface area contributed by atoms with Gasteiger partial charge in [-0.05, 0) is 12.8 Å². The number of hydrogen-bond donors (Lipinski definition) is 1. The van der Waals surface area contributed by atoms with Crippen molar-refractivity contribution in [3.05, 3.63) is 0 Å². The third kappa shape index (κ3) is 3.31. The van der Waals surface area contributed by atoms with Crippen LogP contribution in [0.1, 0.15) is 12.8 Å². The molecule has 1 unspecified atom stereocenters. The zero-order chi connectivity index (χ0) is 9.68. The maximum Gasteiger partial charge on any atom is 0.106 e. The number of nitrogens with two attached hydrogens (primary N) is 1. The molecule has 1 atom stereocenters. The van der Waals surface area contributed by atoms with Gasteiger partial charge in [0.05, 0.1) is 12.2 Å². The van der Waals surface area contributed by atoms with Gasteiger partial charge in [-0.15, -0.1) is 0 Å². The van der Waals surface area contributed by atoms with Crippen LogP contribution in [-0.4, -0.2) is 43.8 Å². The van der Waals surface area contributed by atoms with Crippen molar-refractivity contribution in [2.24, 2.45) is 5.73 Å². The van der Waals surface area contributed by atoms with Crippen molar-refractivity contribution in [2.75, 3.05) is 26.7 Å². The highest BCUT2D eigenvalue weighted by molar-refractivity contribution is 4.89. The third-order valence-corrected chi connectivity index (χ3v) is 2.49. The lowest BCUT2D eigenvalue weighted by molar-refractivity contribution is 0.0407. The summed E-state index contributed by atoms with van der Waals surface area (Å²) in [5.41, 5.74) is 5.54. The van der Waals surface area contributed by atoms with E-state index in [9.17, 15) is 0 Å². The largest absolute Gasteiger partial charge is 0.381 e. The van der Waals surface area contributed by atoms with Crippen LogP contribution in [0.5, 0.6) is 0 Å². The Labute approximate surface area is 79.3 Å². The fourth-order valence-electron chi connectivity index (χ4n) is 1.65. The zero-order valence-electron chi connectivity index (χ0n) is 8.07. The quantitative estimate of drug-likeness (QED) is 0.666. The predicted molar refractivity (Wildman–Crippen MR) is 50.1 cm³/mol. The van der Waals surface area contributed by atoms with E-state index < -0.39 is 0 Å². The molecule has 2 N–H and O–H groups in total. The van der Waals surface area contributed by atoms with E-state index in [0.29, 0.717) is 12.6 Å². The Morgan fingerprint density at radius 2 is 2.23 bits per heavy atom. The number of piperidine rings is 1. The van der Waals surface area contributed by atoms with Crippen molar-refractivity contribution in [1.82, 2.24) is 4.90 Å². The molecule has 1 saturated heterocycles. The molecule has 1 aliphatic heterocycles. The summed E-state index contributed by atoms with van der Waals surface area (Å²) in [4.78, 5) is 2.23. The first kappa shape index (κ1) is 10.5. The molecule has 13 heavy (non-hydrogen) atoms. The number of hydrogen-bond acceptors (Lipinski definition) is 4. The molecular formula is C9H17N3O. The number of nitriles is 1. The van der Waals surface area contributed by atoms with Gasteiger partial charge >= 0.3 is 0 Å². The Hall–Kier alpha value is -0.630. The minimum absolute atomic E-state index is 0.348. The Balaban J connectivity index is 2.22. The van der Waals surface area contributed by atoms with Crippen LogP contribution in [0.4, 0.5) is 0 Å². The van der Waals surface area contributed by atoms with Crippen LogP contribution in [-0.2, 0) is 4.74 Å². The second kappa shape index (κ2) is 5.18. The van der Waals surface area contributed by atoms with Crippen molar-refractivity contribution < 1.29 is 4.74 Å². The SMILES string of the molecule is COC1CCN(CC(N)C#N)CC1. The van der Waals surface area contributed by atoms with Gasteiger partial charge in [0, 0.05) is 26.7 Å². The molecular weight excluding hydrogens is 166 g/mol. The molecule has 0 aromatic heterocycles. The maximum atomic E-state index is 8.54. The van der Waals surface area contributed by atoms with Crippen LogP contribution < -0.4 is 5.73 Å². The predicted octanol–water partition coefficient (Wildman–Crippen LogP) is -0.0519. The maximum absolute atomic E-state index is 8.54. The van der Waals surface area contributed by atoms with Crippen LogP contribution in [0.3, 0.4) is 0 Å². The van der Waals surface area contributed by atoms with Gasteiger partial charge in [0.2, 0.25) is 0 Å². The molecule has 1 fully saturated rings. The summed E-state index contributed by atoms with van der Waals surface area (Å²) in [5.74, 6) is 0. The van der Waals surface area contributed by atoms with E-state index >= 15 is 0 Å². The summed E-state index contributed by atoms with van der Waals surface area (Å²) >= 11 is 0. The highest BCUT2D eigenvalue weighted by atomic mass is 16.5. The number of nitrogens with zero attached hydrogens (tertiary/aromatic N) is 2. The molecule has 0 amide bonds. The van der Waals surface area contributed by atoms with Crippen LogP contribution >= 0.6 is 0 Å². The number of rotatable bonds is 3. The van der Waals surface area contributed by atoms with Crippen LogP contribution in [0.25, 0.3) is 0 Å². The first-order valence-electron chi connectivity index (χ1n) is 4.66. The fourth-order valence-corrected chi connectivity index (χ4v) is 1.65. The van der Waals surface area contributed by atoms with E-state index in [2.05, 4.69) is 4.90 Å². The van der Waals surface area contributed by atoms with Gasteiger partial charge in [-0.2, -0.15) is 5.26 Å². The molecule has 0 aliphatic carbocycles. The standard InChI is InChI=1S/C9H17N3O/c1-13-9-2-4-12(5-3-9)7-8(11)6-10/h8-9H,2-5,7,11H2,1H3. The topological polar surface area (TPSA) is 62.3 Å². The number of ether oxygens (including phenoxy) is 1. The molecule has 0 spiro atoms. The monoisotopic (exact) mass is 183 g/mol. The molecule has 74 valence electrons. The van der Waals surface area contributed by atoms with Gasteiger partial charge in [-0.3, -0.25) is 0 Å². The van der Waals surface area contributed by atoms with Crippen LogP contribution in [0, 0.1) is 11.3 Å². The molecule has 0 aromatic rings. The van der Waals surface area contributed by atoms with E-state index in [0.717, 1.165) is 25.9 Å². The molecule has 0 saturated carbocycles. The van der Waals surface area contributed by atoms with Crippen molar-refractivity contribution in [3.63, 3.8) is 0 Å². The Bertz CT molecular complexity index is 182. The van der Waals surface area contributed by atoms with E-state index in [-0.39, 0.29) is 6.04 Å². The summed E-state index contributed by atoms with van der Waals surface area (Å²) in [5, 5.41) is 8.54. The van der Waals surface area contributed by atoms with Crippen molar-refractivity contribution in [2.45, 2.75) is 25.0 Å². The zero-order valence-corrected chi connectivity index (χ0v) is 8.07. The summed E-state index contributed by atoms with van der Waals surface area (Å²) in [7, 11) is 1.75. The molecule has 4 nitrogen and oxygen atoms in total. The van der Waals surface area contributed by atoms with Crippen molar-refractivity contribution in [3.8, 4) is 6.07 Å². The summed E-state index contributed by atoms with van der Waals surface area (Å²) < 4.78 is 5.25. The van der Waals surface area contributed by atoms with Crippen molar-refractivity contribution >= 4 is 0 Å². The van der Waals surface area contributed by atoms with Gasteiger partial charge in [0.1, 0.15) is 6.04 Å². The van der Waals surface area contributed by atoms with E-state index in [4.69, 9.17) is 15.7 Å². The van der Waals surface area contributed by atoms with E-state index in [1.807, 2.05) is 6.07 Å². The van der Waals surface area contributed by atoms with Gasteiger partial charge in [-0.1, -0.05) is 0 Å². The summed E-state index contributed by atoms with van der Waals surface area (Å²) in [6, 6.07) is 1.69.